The molecule has 1 aromatic rings. The van der Waals surface area contributed by atoms with Crippen LogP contribution < -0.4 is 0 Å². The van der Waals surface area contributed by atoms with Gasteiger partial charge < -0.3 is 18.9 Å². The molecular formula is C17H28N4O4. The van der Waals surface area contributed by atoms with Gasteiger partial charge in [0.05, 0.1) is 25.2 Å². The predicted molar refractivity (Wildman–Crippen MR) is 89.9 cm³/mol. The van der Waals surface area contributed by atoms with Crippen LogP contribution in [-0.4, -0.2) is 79.5 Å². The molecule has 3 heterocycles. The molecule has 0 unspecified atom stereocenters. The van der Waals surface area contributed by atoms with Crippen LogP contribution in [0.1, 0.15) is 31.0 Å². The number of rotatable bonds is 8. The monoisotopic (exact) mass is 352 g/mol. The molecule has 2 aliphatic rings. The van der Waals surface area contributed by atoms with Crippen molar-refractivity contribution >= 4 is 5.91 Å². The lowest BCUT2D eigenvalue weighted by Gasteiger charge is -2.39. The van der Waals surface area contributed by atoms with E-state index < -0.39 is 0 Å². The van der Waals surface area contributed by atoms with Crippen LogP contribution in [0, 0.1) is 5.41 Å². The second-order valence-corrected chi connectivity index (χ2v) is 6.98. The van der Waals surface area contributed by atoms with Gasteiger partial charge in [-0.1, -0.05) is 5.16 Å². The summed E-state index contributed by atoms with van der Waals surface area (Å²) < 4.78 is 15.5. The van der Waals surface area contributed by atoms with Crippen LogP contribution >= 0.6 is 0 Å². The average molecular weight is 352 g/mol. The Morgan fingerprint density at radius 1 is 1.20 bits per heavy atom. The molecule has 1 atom stereocenters. The lowest BCUT2D eigenvalue weighted by Crippen LogP contribution is -2.50. The van der Waals surface area contributed by atoms with Gasteiger partial charge in [-0.25, -0.2) is 0 Å². The molecule has 1 amide bonds. The topological polar surface area (TPSA) is 80.9 Å². The number of hydrogen-bond acceptors (Lipinski definition) is 7. The molecule has 2 aliphatic heterocycles. The fourth-order valence-electron chi connectivity index (χ4n) is 3.88. The molecule has 140 valence electrons. The number of carbonyl (C=O) groups is 1. The summed E-state index contributed by atoms with van der Waals surface area (Å²) in [4.78, 5) is 21.6. The molecule has 0 saturated carbocycles. The number of nitrogens with zero attached hydrogens (tertiary/aromatic N) is 4. The summed E-state index contributed by atoms with van der Waals surface area (Å²) in [5, 5.41) is 3.98. The number of amides is 1. The van der Waals surface area contributed by atoms with E-state index in [1.54, 1.807) is 14.2 Å². The van der Waals surface area contributed by atoms with Gasteiger partial charge in [-0.3, -0.25) is 9.69 Å². The summed E-state index contributed by atoms with van der Waals surface area (Å²) in [6.07, 6.45) is 3.58. The smallest absolute Gasteiger partial charge is 0.240 e. The molecule has 1 aromatic heterocycles. The van der Waals surface area contributed by atoms with Crippen LogP contribution in [0.15, 0.2) is 4.52 Å². The van der Waals surface area contributed by atoms with E-state index in [-0.39, 0.29) is 11.3 Å². The molecule has 0 aliphatic carbocycles. The van der Waals surface area contributed by atoms with Crippen molar-refractivity contribution in [1.82, 2.24) is 19.9 Å². The van der Waals surface area contributed by atoms with Crippen molar-refractivity contribution < 1.29 is 18.8 Å². The van der Waals surface area contributed by atoms with Gasteiger partial charge in [-0.05, 0) is 25.8 Å². The number of ether oxygens (including phenoxy) is 2. The Morgan fingerprint density at radius 2 is 2.04 bits per heavy atom. The van der Waals surface area contributed by atoms with Gasteiger partial charge in [0, 0.05) is 40.3 Å². The number of carbonyl (C=O) groups excluding carboxylic acids is 1. The highest BCUT2D eigenvalue weighted by Gasteiger charge is 2.48. The summed E-state index contributed by atoms with van der Waals surface area (Å²) in [5.74, 6) is 1.57. The standard InChI is InChI=1S/C17H28N4O4/c1-23-10-4-14-18-15(25-19-14)12-20-8-6-17(13-20)5-3-7-21(16(17)22)9-11-24-2/h3-13H2,1-2H3/t17-/m0/s1. The lowest BCUT2D eigenvalue weighted by molar-refractivity contribution is -0.146. The van der Waals surface area contributed by atoms with E-state index in [1.165, 1.54) is 0 Å². The third kappa shape index (κ3) is 4.19. The Morgan fingerprint density at radius 3 is 2.84 bits per heavy atom. The van der Waals surface area contributed by atoms with E-state index in [1.807, 2.05) is 4.90 Å². The van der Waals surface area contributed by atoms with E-state index in [2.05, 4.69) is 15.0 Å². The number of hydrogen-bond donors (Lipinski definition) is 0. The minimum atomic E-state index is -0.245. The summed E-state index contributed by atoms with van der Waals surface area (Å²) in [5.41, 5.74) is -0.245. The van der Waals surface area contributed by atoms with Crippen molar-refractivity contribution in [2.24, 2.45) is 5.41 Å². The first kappa shape index (κ1) is 18.3. The fourth-order valence-corrected chi connectivity index (χ4v) is 3.88. The number of piperidine rings is 1. The molecule has 25 heavy (non-hydrogen) atoms. The summed E-state index contributed by atoms with van der Waals surface area (Å²) in [6, 6.07) is 0. The zero-order chi connectivity index (χ0) is 17.7. The van der Waals surface area contributed by atoms with Crippen LogP contribution in [-0.2, 0) is 27.2 Å². The first-order chi connectivity index (χ1) is 12.2. The Kier molecular flexibility index (Phi) is 6.03. The maximum absolute atomic E-state index is 13.0. The Bertz CT molecular complexity index is 579. The lowest BCUT2D eigenvalue weighted by atomic mass is 9.78. The minimum absolute atomic E-state index is 0.245. The zero-order valence-electron chi connectivity index (χ0n) is 15.2. The molecule has 2 fully saturated rings. The van der Waals surface area contributed by atoms with E-state index in [0.717, 1.165) is 38.9 Å². The molecule has 0 aromatic carbocycles. The number of aromatic nitrogens is 2. The molecule has 1 spiro atoms. The Balaban J connectivity index is 1.57. The van der Waals surface area contributed by atoms with Gasteiger partial charge in [0.25, 0.3) is 0 Å². The maximum atomic E-state index is 13.0. The summed E-state index contributed by atoms with van der Waals surface area (Å²) >= 11 is 0. The fraction of sp³-hybridized carbons (Fsp3) is 0.824. The highest BCUT2D eigenvalue weighted by molar-refractivity contribution is 5.84. The van der Waals surface area contributed by atoms with Crippen molar-refractivity contribution in [2.45, 2.75) is 32.2 Å². The highest BCUT2D eigenvalue weighted by Crippen LogP contribution is 2.40. The second-order valence-electron chi connectivity index (χ2n) is 6.98. The molecule has 8 nitrogen and oxygen atoms in total. The number of methoxy groups -OCH3 is 2. The summed E-state index contributed by atoms with van der Waals surface area (Å²) in [7, 11) is 3.33. The van der Waals surface area contributed by atoms with Crippen molar-refractivity contribution in [1.29, 1.82) is 0 Å². The quantitative estimate of drug-likeness (QED) is 0.682. The van der Waals surface area contributed by atoms with Gasteiger partial charge in [0.1, 0.15) is 0 Å². The number of likely N-dealkylation sites (tertiary alicyclic amines) is 2. The zero-order valence-corrected chi connectivity index (χ0v) is 15.2. The molecule has 0 radical (unpaired) electrons. The van der Waals surface area contributed by atoms with Gasteiger partial charge in [-0.2, -0.15) is 4.98 Å². The van der Waals surface area contributed by atoms with Crippen LogP contribution in [0.25, 0.3) is 0 Å². The van der Waals surface area contributed by atoms with Gasteiger partial charge in [0.2, 0.25) is 11.8 Å². The molecule has 8 heteroatoms. The van der Waals surface area contributed by atoms with Crippen LogP contribution in [0.4, 0.5) is 0 Å². The van der Waals surface area contributed by atoms with Crippen molar-refractivity contribution in [3.05, 3.63) is 11.7 Å². The average Bonchev–Trinajstić information content (AvgIpc) is 3.23. The SMILES string of the molecule is COCCc1noc(CN2CC[C@@]3(CCCN(CCOC)C3=O)C2)n1. The first-order valence-corrected chi connectivity index (χ1v) is 8.98. The van der Waals surface area contributed by atoms with E-state index >= 15 is 0 Å². The Labute approximate surface area is 148 Å². The normalized spacial score (nSPS) is 24.6. The maximum Gasteiger partial charge on any atom is 0.240 e. The van der Waals surface area contributed by atoms with E-state index in [9.17, 15) is 4.79 Å². The van der Waals surface area contributed by atoms with Crippen LogP contribution in [0.3, 0.4) is 0 Å². The van der Waals surface area contributed by atoms with Gasteiger partial charge in [0.15, 0.2) is 5.82 Å². The second kappa shape index (κ2) is 8.25. The van der Waals surface area contributed by atoms with Crippen molar-refractivity contribution in [2.75, 3.05) is 53.6 Å². The third-order valence-electron chi connectivity index (χ3n) is 5.22. The molecule has 3 rings (SSSR count). The van der Waals surface area contributed by atoms with Crippen LogP contribution in [0.2, 0.25) is 0 Å². The highest BCUT2D eigenvalue weighted by atomic mass is 16.5. The first-order valence-electron chi connectivity index (χ1n) is 8.98. The van der Waals surface area contributed by atoms with E-state index in [0.29, 0.717) is 44.4 Å². The third-order valence-corrected chi connectivity index (χ3v) is 5.22. The van der Waals surface area contributed by atoms with Gasteiger partial charge in [-0.15, -0.1) is 0 Å². The Hall–Kier alpha value is -1.51. The largest absolute Gasteiger partial charge is 0.384 e. The van der Waals surface area contributed by atoms with E-state index in [4.69, 9.17) is 14.0 Å². The van der Waals surface area contributed by atoms with Gasteiger partial charge >= 0.3 is 0 Å². The minimum Gasteiger partial charge on any atom is -0.384 e. The molecule has 2 saturated heterocycles. The predicted octanol–water partition coefficient (Wildman–Crippen LogP) is 0.719. The van der Waals surface area contributed by atoms with Crippen molar-refractivity contribution in [3.8, 4) is 0 Å². The molecule has 0 N–H and O–H groups in total. The van der Waals surface area contributed by atoms with Crippen LogP contribution in [0.5, 0.6) is 0 Å². The molecular weight excluding hydrogens is 324 g/mol. The van der Waals surface area contributed by atoms with Crippen molar-refractivity contribution in [3.63, 3.8) is 0 Å². The summed E-state index contributed by atoms with van der Waals surface area (Å²) in [6.45, 7) is 4.97. The molecule has 0 bridgehead atoms.